The Morgan fingerprint density at radius 3 is 2.28 bits per heavy atom. The number of carboxylic acid groups (broad SMARTS) is 1. The Morgan fingerprint density at radius 1 is 1.12 bits per heavy atom. The second-order valence-electron chi connectivity index (χ2n) is 8.06. The van der Waals surface area contributed by atoms with Crippen LogP contribution in [0, 0.1) is 0 Å². The van der Waals surface area contributed by atoms with Crippen LogP contribution >= 0.6 is 0 Å². The summed E-state index contributed by atoms with van der Waals surface area (Å²) in [4.78, 5) is 39.4. The highest BCUT2D eigenvalue weighted by atomic mass is 16.6. The topological polar surface area (TPSA) is 122 Å². The van der Waals surface area contributed by atoms with Crippen LogP contribution in [-0.4, -0.2) is 39.0 Å². The van der Waals surface area contributed by atoms with Crippen LogP contribution in [0.4, 0.5) is 10.5 Å². The number of nitrogens with zero attached hydrogens (tertiary/aromatic N) is 2. The lowest BCUT2D eigenvalue weighted by molar-refractivity contribution is -0.129. The van der Waals surface area contributed by atoms with E-state index in [1.807, 2.05) is 12.1 Å². The molecule has 0 fully saturated rings. The van der Waals surface area contributed by atoms with Gasteiger partial charge in [-0.15, -0.1) is 0 Å². The molecule has 0 aliphatic heterocycles. The molecule has 0 bridgehead atoms. The van der Waals surface area contributed by atoms with Crippen LogP contribution in [0.3, 0.4) is 0 Å². The zero-order valence-corrected chi connectivity index (χ0v) is 19.0. The molecule has 32 heavy (non-hydrogen) atoms. The van der Waals surface area contributed by atoms with Gasteiger partial charge in [0.15, 0.2) is 0 Å². The maximum Gasteiger partial charge on any atom is 0.412 e. The number of nitrogens with one attached hydrogen (secondary N) is 2. The molecule has 0 saturated carbocycles. The summed E-state index contributed by atoms with van der Waals surface area (Å²) in [6.45, 7) is 8.37. The Balaban J connectivity index is 2.14. The van der Waals surface area contributed by atoms with Gasteiger partial charge in [0.1, 0.15) is 22.8 Å². The number of benzene rings is 1. The molecule has 0 radical (unpaired) electrons. The number of hydrogen-bond acceptors (Lipinski definition) is 5. The number of carbonyl (C=O) groups excluding carboxylic acids is 2. The van der Waals surface area contributed by atoms with E-state index >= 15 is 0 Å². The standard InChI is InChI=1S/C23H28N4O5/c1-7-19(24-14(2)21(29)30)26-20(28)18-12-16(13-27(18)6)15-8-10-17(11-9-15)25-22(31)32-23(3,4)5/h7-13H,1-6H3,(H,25,31)(H,26,28)(H,29,30)/b19-7+,24-14+. The quantitative estimate of drug-likeness (QED) is 0.582. The van der Waals surface area contributed by atoms with Crippen molar-refractivity contribution in [1.82, 2.24) is 9.88 Å². The molecule has 1 aromatic carbocycles. The second kappa shape index (κ2) is 9.95. The predicted molar refractivity (Wildman–Crippen MR) is 123 cm³/mol. The smallest absolute Gasteiger partial charge is 0.412 e. The fourth-order valence-corrected chi connectivity index (χ4v) is 2.69. The Bertz CT molecular complexity index is 1070. The molecule has 3 N–H and O–H groups in total. The minimum absolute atomic E-state index is 0.133. The normalized spacial score (nSPS) is 12.3. The van der Waals surface area contributed by atoms with Gasteiger partial charge in [-0.1, -0.05) is 12.1 Å². The number of hydrogen-bond donors (Lipinski definition) is 3. The SMILES string of the molecule is C/C=C(\N=C(/C)C(=O)O)NC(=O)c1cc(-c2ccc(NC(=O)OC(C)(C)C)cc2)cn1C. The van der Waals surface area contributed by atoms with Crippen molar-refractivity contribution >= 4 is 29.4 Å². The molecule has 9 nitrogen and oxygen atoms in total. The van der Waals surface area contributed by atoms with Gasteiger partial charge in [0.05, 0.1) is 0 Å². The van der Waals surface area contributed by atoms with Gasteiger partial charge in [-0.05, 0) is 64.5 Å². The highest BCUT2D eigenvalue weighted by Crippen LogP contribution is 2.24. The second-order valence-corrected chi connectivity index (χ2v) is 8.06. The van der Waals surface area contributed by atoms with Crippen molar-refractivity contribution in [2.45, 2.75) is 40.2 Å². The summed E-state index contributed by atoms with van der Waals surface area (Å²) in [5, 5.41) is 14.2. The zero-order valence-electron chi connectivity index (χ0n) is 19.0. The van der Waals surface area contributed by atoms with Gasteiger partial charge in [0.2, 0.25) is 0 Å². The van der Waals surface area contributed by atoms with Gasteiger partial charge in [-0.3, -0.25) is 10.1 Å². The number of carbonyl (C=O) groups is 3. The minimum Gasteiger partial charge on any atom is -0.477 e. The van der Waals surface area contributed by atoms with Crippen molar-refractivity contribution in [3.05, 3.63) is 54.1 Å². The van der Waals surface area contributed by atoms with Gasteiger partial charge >= 0.3 is 12.1 Å². The van der Waals surface area contributed by atoms with E-state index in [1.165, 1.54) is 13.0 Å². The average Bonchev–Trinajstić information content (AvgIpc) is 3.08. The number of carboxylic acids is 1. The van der Waals surface area contributed by atoms with E-state index in [-0.39, 0.29) is 11.5 Å². The summed E-state index contributed by atoms with van der Waals surface area (Å²) < 4.78 is 6.90. The Morgan fingerprint density at radius 2 is 1.75 bits per heavy atom. The van der Waals surface area contributed by atoms with Crippen molar-refractivity contribution < 1.29 is 24.2 Å². The molecule has 2 amide bonds. The highest BCUT2D eigenvalue weighted by Gasteiger charge is 2.17. The lowest BCUT2D eigenvalue weighted by Gasteiger charge is -2.19. The van der Waals surface area contributed by atoms with Gasteiger partial charge in [0, 0.05) is 24.5 Å². The van der Waals surface area contributed by atoms with E-state index in [4.69, 9.17) is 9.84 Å². The van der Waals surface area contributed by atoms with Gasteiger partial charge in [-0.2, -0.15) is 0 Å². The third kappa shape index (κ3) is 6.83. The van der Waals surface area contributed by atoms with Gasteiger partial charge in [-0.25, -0.2) is 14.6 Å². The summed E-state index contributed by atoms with van der Waals surface area (Å²) in [6, 6.07) is 8.84. The molecular weight excluding hydrogens is 412 g/mol. The van der Waals surface area contributed by atoms with E-state index in [2.05, 4.69) is 15.6 Å². The molecule has 0 unspecified atom stereocenters. The van der Waals surface area contributed by atoms with Crippen LogP contribution in [0.2, 0.25) is 0 Å². The van der Waals surface area contributed by atoms with Crippen molar-refractivity contribution in [2.24, 2.45) is 12.0 Å². The van der Waals surface area contributed by atoms with E-state index in [0.29, 0.717) is 11.4 Å². The molecule has 0 aliphatic rings. The Hall–Kier alpha value is -3.88. The molecule has 1 heterocycles. The summed E-state index contributed by atoms with van der Waals surface area (Å²) in [5.74, 6) is -1.43. The maximum absolute atomic E-state index is 12.7. The first-order chi connectivity index (χ1) is 14.9. The predicted octanol–water partition coefficient (Wildman–Crippen LogP) is 4.18. The van der Waals surface area contributed by atoms with Crippen LogP contribution < -0.4 is 10.6 Å². The molecule has 0 spiro atoms. The number of aliphatic carboxylic acids is 1. The minimum atomic E-state index is -1.16. The molecule has 0 saturated heterocycles. The first-order valence-electron chi connectivity index (χ1n) is 9.92. The van der Waals surface area contributed by atoms with Crippen LogP contribution in [0.15, 0.2) is 53.4 Å². The number of aliphatic imine (C=N–C) groups is 1. The summed E-state index contributed by atoms with van der Waals surface area (Å²) >= 11 is 0. The number of rotatable bonds is 6. The fraction of sp³-hybridized carbons (Fsp3) is 0.304. The van der Waals surface area contributed by atoms with Crippen LogP contribution in [0.5, 0.6) is 0 Å². The third-order valence-corrected chi connectivity index (χ3v) is 4.21. The fourth-order valence-electron chi connectivity index (χ4n) is 2.69. The Kier molecular flexibility index (Phi) is 7.58. The average molecular weight is 441 g/mol. The van der Waals surface area contributed by atoms with Crippen LogP contribution in [-0.2, 0) is 16.6 Å². The third-order valence-electron chi connectivity index (χ3n) is 4.21. The zero-order chi connectivity index (χ0) is 24.1. The van der Waals surface area contributed by atoms with E-state index in [1.54, 1.807) is 63.7 Å². The Labute approximate surface area is 186 Å². The molecule has 2 aromatic rings. The number of aromatic nitrogens is 1. The van der Waals surface area contributed by atoms with Crippen LogP contribution in [0.25, 0.3) is 11.1 Å². The maximum atomic E-state index is 12.7. The van der Waals surface area contributed by atoms with Crippen molar-refractivity contribution in [3.63, 3.8) is 0 Å². The molecule has 9 heteroatoms. The number of amides is 2. The molecular formula is C23H28N4O5. The first kappa shape index (κ1) is 24.4. The number of aryl methyl sites for hydroxylation is 1. The molecule has 1 aromatic heterocycles. The molecule has 170 valence electrons. The number of anilines is 1. The van der Waals surface area contributed by atoms with E-state index < -0.39 is 23.6 Å². The number of allylic oxidation sites excluding steroid dienone is 1. The monoisotopic (exact) mass is 440 g/mol. The lowest BCUT2D eigenvalue weighted by Crippen LogP contribution is -2.27. The number of ether oxygens (including phenoxy) is 1. The summed E-state index contributed by atoms with van der Waals surface area (Å²) in [6.07, 6.45) is 2.78. The van der Waals surface area contributed by atoms with Gasteiger partial charge in [0.25, 0.3) is 5.91 Å². The van der Waals surface area contributed by atoms with E-state index in [0.717, 1.165) is 11.1 Å². The highest BCUT2D eigenvalue weighted by molar-refractivity contribution is 6.34. The summed E-state index contributed by atoms with van der Waals surface area (Å²) in [7, 11) is 1.73. The molecule has 0 aliphatic carbocycles. The first-order valence-corrected chi connectivity index (χ1v) is 9.92. The van der Waals surface area contributed by atoms with E-state index in [9.17, 15) is 14.4 Å². The lowest BCUT2D eigenvalue weighted by atomic mass is 10.1. The van der Waals surface area contributed by atoms with Crippen molar-refractivity contribution in [1.29, 1.82) is 0 Å². The molecule has 2 rings (SSSR count). The molecule has 0 atom stereocenters. The van der Waals surface area contributed by atoms with Gasteiger partial charge < -0.3 is 19.7 Å². The van der Waals surface area contributed by atoms with Crippen molar-refractivity contribution in [3.8, 4) is 11.1 Å². The van der Waals surface area contributed by atoms with Crippen LogP contribution in [0.1, 0.15) is 45.1 Å². The largest absolute Gasteiger partial charge is 0.477 e. The summed E-state index contributed by atoms with van der Waals surface area (Å²) in [5.41, 5.74) is 1.88. The van der Waals surface area contributed by atoms with Crippen molar-refractivity contribution in [2.75, 3.05) is 5.32 Å².